The fourth-order valence-corrected chi connectivity index (χ4v) is 4.24. The minimum atomic E-state index is 0.157. The van der Waals surface area contributed by atoms with Crippen LogP contribution in [0.3, 0.4) is 0 Å². The van der Waals surface area contributed by atoms with Crippen molar-refractivity contribution in [3.63, 3.8) is 0 Å². The Balaban J connectivity index is 1.42. The van der Waals surface area contributed by atoms with Crippen LogP contribution < -0.4 is 14.8 Å². The number of methoxy groups -OCH3 is 1. The molecule has 5 nitrogen and oxygen atoms in total. The zero-order valence-corrected chi connectivity index (χ0v) is 17.5. The number of ether oxygens (including phenoxy) is 2. The Morgan fingerprint density at radius 3 is 2.61 bits per heavy atom. The van der Waals surface area contributed by atoms with E-state index in [2.05, 4.69) is 17.1 Å². The maximum absolute atomic E-state index is 12.3. The summed E-state index contributed by atoms with van der Waals surface area (Å²) >= 11 is 0. The maximum atomic E-state index is 12.3. The summed E-state index contributed by atoms with van der Waals surface area (Å²) < 4.78 is 11.4. The van der Waals surface area contributed by atoms with Gasteiger partial charge in [0.1, 0.15) is 6.61 Å². The predicted octanol–water partition coefficient (Wildman–Crippen LogP) is 3.80. The molecule has 0 bridgehead atoms. The summed E-state index contributed by atoms with van der Waals surface area (Å²) in [5.74, 6) is 2.49. The largest absolute Gasteiger partial charge is 0.493 e. The summed E-state index contributed by atoms with van der Waals surface area (Å²) in [5.41, 5.74) is 1.11. The van der Waals surface area contributed by atoms with Crippen LogP contribution in [0.2, 0.25) is 0 Å². The first-order valence-electron chi connectivity index (χ1n) is 11.0. The van der Waals surface area contributed by atoms with E-state index in [1.807, 2.05) is 18.2 Å². The topological polar surface area (TPSA) is 50.8 Å². The number of rotatable bonds is 9. The van der Waals surface area contributed by atoms with Crippen LogP contribution in [0, 0.1) is 5.92 Å². The van der Waals surface area contributed by atoms with E-state index in [0.717, 1.165) is 48.8 Å². The van der Waals surface area contributed by atoms with E-state index in [4.69, 9.17) is 9.47 Å². The van der Waals surface area contributed by atoms with Crippen molar-refractivity contribution in [2.45, 2.75) is 64.3 Å². The molecule has 3 rings (SSSR count). The van der Waals surface area contributed by atoms with Gasteiger partial charge in [0.2, 0.25) is 5.91 Å². The molecule has 0 unspecified atom stereocenters. The number of aryl methyl sites for hydroxylation is 1. The Morgan fingerprint density at radius 1 is 1.14 bits per heavy atom. The van der Waals surface area contributed by atoms with Crippen molar-refractivity contribution in [1.82, 2.24) is 10.2 Å². The molecular weight excluding hydrogens is 352 g/mol. The Hall–Kier alpha value is -1.75. The van der Waals surface area contributed by atoms with Crippen LogP contribution in [0.15, 0.2) is 18.2 Å². The summed E-state index contributed by atoms with van der Waals surface area (Å²) in [4.78, 5) is 14.7. The third-order valence-electron chi connectivity index (χ3n) is 6.11. The van der Waals surface area contributed by atoms with Crippen LogP contribution in [0.5, 0.6) is 11.5 Å². The summed E-state index contributed by atoms with van der Waals surface area (Å²) in [7, 11) is 1.67. The molecule has 1 saturated heterocycles. The molecule has 0 aromatic heterocycles. The van der Waals surface area contributed by atoms with Gasteiger partial charge in [-0.1, -0.05) is 13.0 Å². The lowest BCUT2D eigenvalue weighted by Gasteiger charge is -2.26. The molecule has 1 aromatic carbocycles. The fraction of sp³-hybridized carbons (Fsp3) is 0.696. The third kappa shape index (κ3) is 6.40. The minimum absolute atomic E-state index is 0.157. The van der Waals surface area contributed by atoms with Crippen molar-refractivity contribution in [3.8, 4) is 11.5 Å². The number of amides is 1. The van der Waals surface area contributed by atoms with Crippen LogP contribution in [0.25, 0.3) is 0 Å². The van der Waals surface area contributed by atoms with E-state index in [9.17, 15) is 4.79 Å². The number of hydrogen-bond acceptors (Lipinski definition) is 4. The van der Waals surface area contributed by atoms with Crippen LogP contribution in [0.1, 0.15) is 57.4 Å². The predicted molar refractivity (Wildman–Crippen MR) is 112 cm³/mol. The molecular formula is C23H36N2O3. The highest BCUT2D eigenvalue weighted by Crippen LogP contribution is 2.29. The lowest BCUT2D eigenvalue weighted by atomic mass is 9.87. The van der Waals surface area contributed by atoms with Crippen LogP contribution >= 0.6 is 0 Å². The molecule has 1 saturated carbocycles. The first-order valence-corrected chi connectivity index (χ1v) is 11.0. The highest BCUT2D eigenvalue weighted by atomic mass is 16.5. The van der Waals surface area contributed by atoms with E-state index < -0.39 is 0 Å². The number of nitrogens with zero attached hydrogens (tertiary/aromatic N) is 1. The van der Waals surface area contributed by atoms with E-state index in [0.29, 0.717) is 19.1 Å². The van der Waals surface area contributed by atoms with Crippen molar-refractivity contribution in [3.05, 3.63) is 23.8 Å². The number of benzene rings is 1. The Morgan fingerprint density at radius 2 is 1.89 bits per heavy atom. The van der Waals surface area contributed by atoms with Gasteiger partial charge in [-0.2, -0.15) is 0 Å². The zero-order valence-electron chi connectivity index (χ0n) is 17.5. The molecule has 156 valence electrons. The van der Waals surface area contributed by atoms with Crippen LogP contribution in [-0.2, 0) is 11.2 Å². The van der Waals surface area contributed by atoms with Gasteiger partial charge in [-0.3, -0.25) is 9.69 Å². The van der Waals surface area contributed by atoms with Crippen molar-refractivity contribution in [2.75, 3.05) is 33.4 Å². The summed E-state index contributed by atoms with van der Waals surface area (Å²) in [5, 5.41) is 3.20. The Bertz CT molecular complexity index is 620. The molecule has 0 atom stereocenters. The normalized spacial score (nSPS) is 22.8. The van der Waals surface area contributed by atoms with Gasteiger partial charge >= 0.3 is 0 Å². The standard InChI is InChI=1S/C23H36N2O3/c1-18-5-9-20(10-6-18)24-23(26)12-8-19-7-11-21(22(17-19)27-2)28-16-15-25-13-3-4-14-25/h7,11,17-18,20H,3-6,8-10,12-16H2,1-2H3,(H,24,26). The van der Waals surface area contributed by atoms with Gasteiger partial charge in [-0.25, -0.2) is 0 Å². The maximum Gasteiger partial charge on any atom is 0.220 e. The quantitative estimate of drug-likeness (QED) is 0.699. The average Bonchev–Trinajstić information content (AvgIpc) is 3.22. The van der Waals surface area contributed by atoms with Gasteiger partial charge in [-0.05, 0) is 81.6 Å². The van der Waals surface area contributed by atoms with Gasteiger partial charge in [-0.15, -0.1) is 0 Å². The second-order valence-electron chi connectivity index (χ2n) is 8.41. The van der Waals surface area contributed by atoms with Crippen molar-refractivity contribution in [2.24, 2.45) is 5.92 Å². The van der Waals surface area contributed by atoms with E-state index >= 15 is 0 Å². The summed E-state index contributed by atoms with van der Waals surface area (Å²) in [6, 6.07) is 6.38. The van der Waals surface area contributed by atoms with Crippen molar-refractivity contribution < 1.29 is 14.3 Å². The lowest BCUT2D eigenvalue weighted by molar-refractivity contribution is -0.122. The van der Waals surface area contributed by atoms with E-state index in [1.54, 1.807) is 7.11 Å². The van der Waals surface area contributed by atoms with Crippen molar-refractivity contribution in [1.29, 1.82) is 0 Å². The van der Waals surface area contributed by atoms with Gasteiger partial charge in [0.15, 0.2) is 11.5 Å². The minimum Gasteiger partial charge on any atom is -0.493 e. The first kappa shape index (κ1) is 21.0. The average molecular weight is 389 g/mol. The smallest absolute Gasteiger partial charge is 0.220 e. The molecule has 1 amide bonds. The van der Waals surface area contributed by atoms with E-state index in [1.165, 1.54) is 38.8 Å². The van der Waals surface area contributed by atoms with Gasteiger partial charge in [0, 0.05) is 19.0 Å². The monoisotopic (exact) mass is 388 g/mol. The second-order valence-corrected chi connectivity index (χ2v) is 8.41. The fourth-order valence-electron chi connectivity index (χ4n) is 4.24. The number of hydrogen-bond donors (Lipinski definition) is 1. The molecule has 1 N–H and O–H groups in total. The summed E-state index contributed by atoms with van der Waals surface area (Å²) in [6.07, 6.45) is 8.51. The first-order chi connectivity index (χ1) is 13.6. The SMILES string of the molecule is COc1cc(CCC(=O)NC2CCC(C)CC2)ccc1OCCN1CCCC1. The van der Waals surface area contributed by atoms with E-state index in [-0.39, 0.29) is 5.91 Å². The zero-order chi connectivity index (χ0) is 19.8. The van der Waals surface area contributed by atoms with Crippen molar-refractivity contribution >= 4 is 5.91 Å². The number of likely N-dealkylation sites (tertiary alicyclic amines) is 1. The third-order valence-corrected chi connectivity index (χ3v) is 6.11. The van der Waals surface area contributed by atoms with Gasteiger partial charge < -0.3 is 14.8 Å². The van der Waals surface area contributed by atoms with Crippen LogP contribution in [0.4, 0.5) is 0 Å². The second kappa shape index (κ2) is 10.7. The molecule has 0 radical (unpaired) electrons. The number of carbonyl (C=O) groups is 1. The summed E-state index contributed by atoms with van der Waals surface area (Å²) in [6.45, 7) is 6.30. The van der Waals surface area contributed by atoms with Crippen LogP contribution in [-0.4, -0.2) is 50.2 Å². The molecule has 1 heterocycles. The molecule has 28 heavy (non-hydrogen) atoms. The Labute approximate surface area is 169 Å². The lowest BCUT2D eigenvalue weighted by Crippen LogP contribution is -2.37. The van der Waals surface area contributed by atoms with Gasteiger partial charge in [0.25, 0.3) is 0 Å². The molecule has 1 aromatic rings. The number of nitrogens with one attached hydrogen (secondary N) is 1. The highest BCUT2D eigenvalue weighted by Gasteiger charge is 2.19. The molecule has 2 fully saturated rings. The Kier molecular flexibility index (Phi) is 8.01. The molecule has 5 heteroatoms. The molecule has 2 aliphatic rings. The highest BCUT2D eigenvalue weighted by molar-refractivity contribution is 5.76. The molecule has 0 spiro atoms. The van der Waals surface area contributed by atoms with Gasteiger partial charge in [0.05, 0.1) is 7.11 Å². The molecule has 1 aliphatic carbocycles. The number of carbonyl (C=O) groups excluding carboxylic acids is 1. The molecule has 1 aliphatic heterocycles.